The van der Waals surface area contributed by atoms with Crippen LogP contribution in [0.1, 0.15) is 63.6 Å². The van der Waals surface area contributed by atoms with Gasteiger partial charge in [0.1, 0.15) is 18.1 Å². The van der Waals surface area contributed by atoms with Gasteiger partial charge in [-0.05, 0) is 30.0 Å². The number of nitrogens with zero attached hydrogens (tertiary/aromatic N) is 4. The molecule has 3 rings (SSSR count). The fraction of sp³-hybridized carbons (Fsp3) is 0.500. The fourth-order valence-corrected chi connectivity index (χ4v) is 3.65. The van der Waals surface area contributed by atoms with Gasteiger partial charge in [-0.15, -0.1) is 10.2 Å². The lowest BCUT2D eigenvalue weighted by atomic mass is 10.2. The van der Waals surface area contributed by atoms with Gasteiger partial charge in [-0.2, -0.15) is 0 Å². The average molecular weight is 415 g/mol. The molecule has 0 atom stereocenters. The van der Waals surface area contributed by atoms with Crippen LogP contribution in [0.25, 0.3) is 0 Å². The molecule has 0 saturated carbocycles. The first-order chi connectivity index (χ1) is 14.0. The molecule has 3 aromatic rings. The number of hydrogen-bond donors (Lipinski definition) is 0. The van der Waals surface area contributed by atoms with Crippen molar-refractivity contribution < 1.29 is 9.15 Å². The van der Waals surface area contributed by atoms with E-state index in [1.54, 1.807) is 11.8 Å². The van der Waals surface area contributed by atoms with E-state index in [4.69, 9.17) is 9.15 Å². The Morgan fingerprint density at radius 2 is 1.86 bits per heavy atom. The van der Waals surface area contributed by atoms with Gasteiger partial charge in [0, 0.05) is 12.5 Å². The van der Waals surface area contributed by atoms with Crippen LogP contribution in [0.2, 0.25) is 0 Å². The van der Waals surface area contributed by atoms with Gasteiger partial charge in [0.25, 0.3) is 0 Å². The van der Waals surface area contributed by atoms with Crippen molar-refractivity contribution in [2.45, 2.75) is 71.0 Å². The maximum atomic E-state index is 5.96. The Labute approximate surface area is 177 Å². The molecule has 29 heavy (non-hydrogen) atoms. The van der Waals surface area contributed by atoms with E-state index < -0.39 is 0 Å². The smallest absolute Gasteiger partial charge is 0.204 e. The molecule has 6 nitrogen and oxygen atoms in total. The summed E-state index contributed by atoms with van der Waals surface area (Å²) in [5, 5.41) is 9.64. The summed E-state index contributed by atoms with van der Waals surface area (Å²) in [6, 6.07) is 8.20. The second-order valence-electron chi connectivity index (χ2n) is 7.79. The van der Waals surface area contributed by atoms with Crippen LogP contribution in [-0.4, -0.2) is 19.7 Å². The first kappa shape index (κ1) is 21.4. The van der Waals surface area contributed by atoms with E-state index >= 15 is 0 Å². The van der Waals surface area contributed by atoms with Crippen LogP contribution in [0.4, 0.5) is 0 Å². The molecule has 0 aliphatic carbocycles. The van der Waals surface area contributed by atoms with E-state index in [2.05, 4.69) is 66.5 Å². The normalized spacial score (nSPS) is 11.6. The Balaban J connectivity index is 1.67. The third-order valence-electron chi connectivity index (χ3n) is 4.51. The fourth-order valence-electron chi connectivity index (χ4n) is 2.83. The minimum atomic E-state index is 0.334. The lowest BCUT2D eigenvalue weighted by Crippen LogP contribution is -2.12. The second-order valence-corrected chi connectivity index (χ2v) is 8.73. The molecule has 0 fully saturated rings. The van der Waals surface area contributed by atoms with Crippen molar-refractivity contribution >= 4 is 11.8 Å². The molecule has 2 aromatic heterocycles. The number of aryl methyl sites for hydroxylation is 1. The summed E-state index contributed by atoms with van der Waals surface area (Å²) < 4.78 is 13.9. The van der Waals surface area contributed by atoms with E-state index in [1.165, 1.54) is 5.56 Å². The predicted octanol–water partition coefficient (Wildman–Crippen LogP) is 5.48. The molecule has 2 heterocycles. The third-order valence-corrected chi connectivity index (χ3v) is 5.46. The zero-order chi connectivity index (χ0) is 20.8. The molecular formula is C22H30N4O2S. The number of rotatable bonds is 10. The summed E-state index contributed by atoms with van der Waals surface area (Å²) in [6.45, 7) is 11.9. The van der Waals surface area contributed by atoms with E-state index in [1.807, 2.05) is 18.3 Å². The van der Waals surface area contributed by atoms with Crippen LogP contribution in [0.3, 0.4) is 0 Å². The largest absolute Gasteiger partial charge is 0.486 e. The first-order valence-corrected chi connectivity index (χ1v) is 11.2. The Hall–Kier alpha value is -2.28. The Morgan fingerprint density at radius 1 is 1.10 bits per heavy atom. The minimum absolute atomic E-state index is 0.334. The molecule has 0 radical (unpaired) electrons. The standard InChI is InChI=1S/C22H30N4O2S/c1-6-17-7-9-18(10-8-17)27-13-20-24-25-22(26(20)12-15(2)3)29-14-21-23-11-19(28-21)16(4)5/h7-11,15-16H,6,12-14H2,1-5H3. The van der Waals surface area contributed by atoms with Gasteiger partial charge in [-0.25, -0.2) is 4.98 Å². The number of ether oxygens (including phenoxy) is 1. The monoisotopic (exact) mass is 414 g/mol. The number of benzene rings is 1. The molecule has 0 saturated heterocycles. The molecule has 0 N–H and O–H groups in total. The lowest BCUT2D eigenvalue weighted by Gasteiger charge is -2.13. The molecule has 1 aromatic carbocycles. The SMILES string of the molecule is CCc1ccc(OCc2nnc(SCc3ncc(C(C)C)o3)n2CC(C)C)cc1. The highest BCUT2D eigenvalue weighted by molar-refractivity contribution is 7.98. The van der Waals surface area contributed by atoms with Gasteiger partial charge in [-0.1, -0.05) is 58.5 Å². The predicted molar refractivity (Wildman–Crippen MR) is 115 cm³/mol. The van der Waals surface area contributed by atoms with E-state index in [0.717, 1.165) is 35.5 Å². The van der Waals surface area contributed by atoms with Crippen molar-refractivity contribution in [3.05, 3.63) is 53.5 Å². The summed E-state index contributed by atoms with van der Waals surface area (Å²) >= 11 is 1.59. The maximum absolute atomic E-state index is 5.96. The van der Waals surface area contributed by atoms with Gasteiger partial charge >= 0.3 is 0 Å². The van der Waals surface area contributed by atoms with Gasteiger partial charge in [-0.3, -0.25) is 0 Å². The Bertz CT molecular complexity index is 900. The number of oxazole rings is 1. The summed E-state index contributed by atoms with van der Waals surface area (Å²) in [5.41, 5.74) is 1.30. The van der Waals surface area contributed by atoms with E-state index in [-0.39, 0.29) is 0 Å². The number of aromatic nitrogens is 4. The summed E-state index contributed by atoms with van der Waals surface area (Å²) in [6.07, 6.45) is 2.83. The quantitative estimate of drug-likeness (QED) is 0.409. The maximum Gasteiger partial charge on any atom is 0.204 e. The molecule has 0 amide bonds. The van der Waals surface area contributed by atoms with Gasteiger partial charge in [0.2, 0.25) is 5.89 Å². The van der Waals surface area contributed by atoms with Crippen LogP contribution in [0.15, 0.2) is 40.0 Å². The van der Waals surface area contributed by atoms with Crippen molar-refractivity contribution in [3.63, 3.8) is 0 Å². The minimum Gasteiger partial charge on any atom is -0.486 e. The molecular weight excluding hydrogens is 384 g/mol. The van der Waals surface area contributed by atoms with Crippen molar-refractivity contribution in [2.75, 3.05) is 0 Å². The molecule has 156 valence electrons. The molecule has 0 spiro atoms. The van der Waals surface area contributed by atoms with Gasteiger partial charge in [0.05, 0.1) is 11.9 Å². The zero-order valence-electron chi connectivity index (χ0n) is 17.9. The number of hydrogen-bond acceptors (Lipinski definition) is 6. The van der Waals surface area contributed by atoms with E-state index in [0.29, 0.717) is 30.1 Å². The average Bonchev–Trinajstić information content (AvgIpc) is 3.32. The third kappa shape index (κ3) is 5.85. The molecule has 0 aliphatic heterocycles. The second kappa shape index (κ2) is 9.96. The Kier molecular flexibility index (Phi) is 7.36. The Morgan fingerprint density at radius 3 is 2.48 bits per heavy atom. The highest BCUT2D eigenvalue weighted by atomic mass is 32.2. The molecule has 0 aliphatic rings. The van der Waals surface area contributed by atoms with Crippen molar-refractivity contribution in [3.8, 4) is 5.75 Å². The van der Waals surface area contributed by atoms with Crippen molar-refractivity contribution in [1.82, 2.24) is 19.7 Å². The van der Waals surface area contributed by atoms with Crippen molar-refractivity contribution in [1.29, 1.82) is 0 Å². The lowest BCUT2D eigenvalue weighted by molar-refractivity contribution is 0.284. The molecule has 0 bridgehead atoms. The van der Waals surface area contributed by atoms with Crippen LogP contribution < -0.4 is 4.74 Å². The topological polar surface area (TPSA) is 66.0 Å². The van der Waals surface area contributed by atoms with Gasteiger partial charge < -0.3 is 13.7 Å². The summed E-state index contributed by atoms with van der Waals surface area (Å²) in [5.74, 6) is 4.73. The number of thioether (sulfide) groups is 1. The van der Waals surface area contributed by atoms with Crippen molar-refractivity contribution in [2.24, 2.45) is 5.92 Å². The van der Waals surface area contributed by atoms with Crippen LogP contribution in [0, 0.1) is 5.92 Å². The highest BCUT2D eigenvalue weighted by Gasteiger charge is 2.16. The van der Waals surface area contributed by atoms with E-state index in [9.17, 15) is 0 Å². The van der Waals surface area contributed by atoms with Crippen LogP contribution >= 0.6 is 11.8 Å². The highest BCUT2D eigenvalue weighted by Crippen LogP contribution is 2.25. The van der Waals surface area contributed by atoms with Crippen LogP contribution in [-0.2, 0) is 25.3 Å². The summed E-state index contributed by atoms with van der Waals surface area (Å²) in [4.78, 5) is 4.37. The first-order valence-electron chi connectivity index (χ1n) is 10.2. The zero-order valence-corrected chi connectivity index (χ0v) is 18.7. The van der Waals surface area contributed by atoms with Gasteiger partial charge in [0.15, 0.2) is 11.0 Å². The summed E-state index contributed by atoms with van der Waals surface area (Å²) in [7, 11) is 0. The van der Waals surface area contributed by atoms with Crippen LogP contribution in [0.5, 0.6) is 5.75 Å². The molecule has 0 unspecified atom stereocenters. The molecule has 7 heteroatoms.